The summed E-state index contributed by atoms with van der Waals surface area (Å²) in [5, 5.41) is 0. The van der Waals surface area contributed by atoms with E-state index in [-0.39, 0.29) is 32.0 Å². The highest BCUT2D eigenvalue weighted by molar-refractivity contribution is 7.45. The van der Waals surface area contributed by atoms with Gasteiger partial charge in [-0.25, -0.2) is 0 Å². The minimum Gasteiger partial charge on any atom is -0.756 e. The fourth-order valence-corrected chi connectivity index (χ4v) is 6.56. The van der Waals surface area contributed by atoms with Crippen LogP contribution < -0.4 is 4.89 Å². The number of nitrogens with zero attached hydrogens (tertiary/aromatic N) is 1. The number of phosphoric acid groups is 1. The Bertz CT molecular complexity index is 835. The monoisotopic (exact) mass is 736 g/mol. The van der Waals surface area contributed by atoms with Crippen LogP contribution in [-0.4, -0.2) is 70.0 Å². The first-order valence-corrected chi connectivity index (χ1v) is 22.2. The van der Waals surface area contributed by atoms with Crippen LogP contribution in [0.25, 0.3) is 0 Å². The summed E-state index contributed by atoms with van der Waals surface area (Å²) in [7, 11) is 1.18. The molecule has 0 fully saturated rings. The third-order valence-corrected chi connectivity index (χ3v) is 10.1. The first kappa shape index (κ1) is 49.0. The molecular weight excluding hydrogens is 655 g/mol. The van der Waals surface area contributed by atoms with Crippen LogP contribution in [0.4, 0.5) is 0 Å². The molecule has 0 radical (unpaired) electrons. The number of rotatable bonds is 38. The number of quaternary nitrogens is 1. The molecule has 0 aliphatic carbocycles. The quantitative estimate of drug-likeness (QED) is 0.0267. The Morgan fingerprint density at radius 2 is 1.02 bits per heavy atom. The van der Waals surface area contributed by atoms with Gasteiger partial charge >= 0.3 is 11.9 Å². The zero-order valence-electron chi connectivity index (χ0n) is 33.4. The van der Waals surface area contributed by atoms with E-state index in [2.05, 4.69) is 13.8 Å². The largest absolute Gasteiger partial charge is 0.756 e. The van der Waals surface area contributed by atoms with E-state index in [9.17, 15) is 19.0 Å². The zero-order chi connectivity index (χ0) is 37.2. The van der Waals surface area contributed by atoms with E-state index in [0.29, 0.717) is 17.4 Å². The Labute approximate surface area is 308 Å². The van der Waals surface area contributed by atoms with Crippen molar-refractivity contribution < 1.29 is 42.1 Å². The van der Waals surface area contributed by atoms with Gasteiger partial charge in [-0.05, 0) is 12.8 Å². The van der Waals surface area contributed by atoms with Crippen LogP contribution in [-0.2, 0) is 32.7 Å². The molecule has 0 saturated heterocycles. The SMILES string of the molecule is CCCCCCCCCCCCCCCC(=O)O[C@H](CO[14C](=O)CCCCCCCCCCCCCCC)COP(=O)([O-])OCC[N+](C)(C)C. The highest BCUT2D eigenvalue weighted by Crippen LogP contribution is 2.38. The van der Waals surface area contributed by atoms with Crippen molar-refractivity contribution in [1.82, 2.24) is 0 Å². The summed E-state index contributed by atoms with van der Waals surface area (Å²) in [5.74, 6) is -0.823. The number of ether oxygens (including phenoxy) is 2. The van der Waals surface area contributed by atoms with Crippen molar-refractivity contribution in [3.8, 4) is 0 Å². The summed E-state index contributed by atoms with van der Waals surface area (Å²) in [4.78, 5) is 37.4. The van der Waals surface area contributed by atoms with Gasteiger partial charge in [-0.3, -0.25) is 14.2 Å². The van der Waals surface area contributed by atoms with E-state index in [1.165, 1.54) is 128 Å². The summed E-state index contributed by atoms with van der Waals surface area (Å²) in [6, 6.07) is 0. The molecule has 2 atom stereocenters. The van der Waals surface area contributed by atoms with Gasteiger partial charge in [-0.15, -0.1) is 0 Å². The Morgan fingerprint density at radius 1 is 0.620 bits per heavy atom. The van der Waals surface area contributed by atoms with E-state index < -0.39 is 26.5 Å². The maximum Gasteiger partial charge on any atom is 0.306 e. The molecule has 9 nitrogen and oxygen atoms in total. The zero-order valence-corrected chi connectivity index (χ0v) is 34.3. The van der Waals surface area contributed by atoms with Gasteiger partial charge in [-0.2, -0.15) is 0 Å². The predicted molar refractivity (Wildman–Crippen MR) is 204 cm³/mol. The molecule has 0 bridgehead atoms. The van der Waals surface area contributed by atoms with Gasteiger partial charge in [0.25, 0.3) is 7.82 Å². The fourth-order valence-electron chi connectivity index (χ4n) is 5.83. The number of esters is 2. The summed E-state index contributed by atoms with van der Waals surface area (Å²) < 4.78 is 33.8. The van der Waals surface area contributed by atoms with Crippen molar-refractivity contribution in [3.05, 3.63) is 0 Å². The molecule has 0 aliphatic rings. The van der Waals surface area contributed by atoms with Crippen LogP contribution >= 0.6 is 7.82 Å². The van der Waals surface area contributed by atoms with E-state index in [1.807, 2.05) is 21.1 Å². The highest BCUT2D eigenvalue weighted by atomic mass is 31.2. The summed E-state index contributed by atoms with van der Waals surface area (Å²) >= 11 is 0. The Balaban J connectivity index is 4.36. The van der Waals surface area contributed by atoms with Crippen LogP contribution in [0.1, 0.15) is 194 Å². The molecule has 0 aromatic carbocycles. The standard InChI is InChI=1S/C40H80NO8P/c1-6-8-10-12-14-16-18-20-22-24-26-28-30-32-39(42)46-36-38(37-48-50(44,45)47-35-34-41(3,4)5)49-40(43)33-31-29-27-25-23-21-19-17-15-13-11-9-7-2/h38H,6-37H2,1-5H3/t38-/m1/s1/i39+2. The van der Waals surface area contributed by atoms with Crippen LogP contribution in [0.2, 0.25) is 0 Å². The minimum absolute atomic E-state index is 0.0259. The molecule has 0 aromatic rings. The maximum atomic E-state index is 12.6. The van der Waals surface area contributed by atoms with E-state index >= 15 is 0 Å². The molecule has 1 unspecified atom stereocenters. The molecule has 50 heavy (non-hydrogen) atoms. The Kier molecular flexibility index (Phi) is 33.2. The van der Waals surface area contributed by atoms with E-state index in [0.717, 1.165) is 32.1 Å². The van der Waals surface area contributed by atoms with Gasteiger partial charge in [0.05, 0.1) is 27.7 Å². The lowest BCUT2D eigenvalue weighted by atomic mass is 10.0. The predicted octanol–water partition coefficient (Wildman–Crippen LogP) is 10.6. The lowest BCUT2D eigenvalue weighted by Crippen LogP contribution is -2.37. The molecule has 0 spiro atoms. The molecule has 0 N–H and O–H groups in total. The normalized spacial score (nSPS) is 13.6. The number of hydrogen-bond donors (Lipinski definition) is 0. The molecule has 0 rings (SSSR count). The average Bonchev–Trinajstić information content (AvgIpc) is 3.06. The molecule has 0 saturated carbocycles. The molecule has 0 aliphatic heterocycles. The minimum atomic E-state index is -4.61. The number of hydrogen-bond acceptors (Lipinski definition) is 8. The number of carbonyl (C=O) groups excluding carboxylic acids is 2. The smallest absolute Gasteiger partial charge is 0.306 e. The van der Waals surface area contributed by atoms with Gasteiger partial charge in [0.2, 0.25) is 0 Å². The third kappa shape index (κ3) is 36.8. The summed E-state index contributed by atoms with van der Waals surface area (Å²) in [5.41, 5.74) is 0. The first-order chi connectivity index (χ1) is 24.0. The van der Waals surface area contributed by atoms with Gasteiger partial charge in [-0.1, -0.05) is 168 Å². The second-order valence-electron chi connectivity index (χ2n) is 15.4. The number of phosphoric ester groups is 1. The van der Waals surface area contributed by atoms with Crippen molar-refractivity contribution in [2.45, 2.75) is 200 Å². The van der Waals surface area contributed by atoms with Crippen LogP contribution in [0.15, 0.2) is 0 Å². The van der Waals surface area contributed by atoms with E-state index in [1.54, 1.807) is 0 Å². The molecular formula is C40H80NO8P. The van der Waals surface area contributed by atoms with Crippen molar-refractivity contribution in [3.63, 3.8) is 0 Å². The number of unbranched alkanes of at least 4 members (excludes halogenated alkanes) is 24. The lowest BCUT2D eigenvalue weighted by Gasteiger charge is -2.28. The van der Waals surface area contributed by atoms with Crippen molar-refractivity contribution in [2.75, 3.05) is 47.5 Å². The van der Waals surface area contributed by atoms with E-state index in [4.69, 9.17) is 18.5 Å². The van der Waals surface area contributed by atoms with Gasteiger partial charge in [0.15, 0.2) is 6.10 Å². The Morgan fingerprint density at radius 3 is 1.44 bits per heavy atom. The lowest BCUT2D eigenvalue weighted by molar-refractivity contribution is -0.870. The molecule has 0 aromatic heterocycles. The molecule has 298 valence electrons. The van der Waals surface area contributed by atoms with Crippen molar-refractivity contribution in [1.29, 1.82) is 0 Å². The molecule has 10 heteroatoms. The van der Waals surface area contributed by atoms with Gasteiger partial charge in [0, 0.05) is 12.8 Å². The van der Waals surface area contributed by atoms with Crippen molar-refractivity contribution >= 4 is 19.8 Å². The van der Waals surface area contributed by atoms with Crippen LogP contribution in [0.3, 0.4) is 0 Å². The number of carbonyl (C=O) groups is 2. The highest BCUT2D eigenvalue weighted by Gasteiger charge is 2.21. The van der Waals surface area contributed by atoms with Crippen molar-refractivity contribution in [2.24, 2.45) is 0 Å². The summed E-state index contributed by atoms with van der Waals surface area (Å²) in [6.45, 7) is 4.24. The first-order valence-electron chi connectivity index (χ1n) is 20.7. The number of likely N-dealkylation sites (N-methyl/N-ethyl adjacent to an activating group) is 1. The molecule has 0 heterocycles. The fraction of sp³-hybridized carbons (Fsp3) is 0.950. The topological polar surface area (TPSA) is 111 Å². The van der Waals surface area contributed by atoms with Gasteiger partial charge < -0.3 is 27.9 Å². The second-order valence-corrected chi connectivity index (χ2v) is 16.8. The Hall–Kier alpha value is -0.990. The second kappa shape index (κ2) is 33.8. The van der Waals surface area contributed by atoms with Crippen LogP contribution in [0, 0.1) is 0 Å². The average molecular weight is 736 g/mol. The van der Waals surface area contributed by atoms with Crippen LogP contribution in [0.5, 0.6) is 0 Å². The summed E-state index contributed by atoms with van der Waals surface area (Å²) in [6.07, 6.45) is 31.2. The molecule has 0 amide bonds. The van der Waals surface area contributed by atoms with Gasteiger partial charge in [0.1, 0.15) is 19.8 Å². The maximum absolute atomic E-state index is 12.6. The third-order valence-electron chi connectivity index (χ3n) is 9.13.